The number of benzene rings is 1. The highest BCUT2D eigenvalue weighted by Crippen LogP contribution is 2.27. The van der Waals surface area contributed by atoms with Gasteiger partial charge in [-0.05, 0) is 38.5 Å². The van der Waals surface area contributed by atoms with E-state index in [-0.39, 0.29) is 6.10 Å². The molecule has 94 valence electrons. The van der Waals surface area contributed by atoms with Crippen molar-refractivity contribution in [3.8, 4) is 5.75 Å². The van der Waals surface area contributed by atoms with Crippen LogP contribution in [0.1, 0.15) is 26.3 Å². The minimum absolute atomic E-state index is 0.0918. The summed E-state index contributed by atoms with van der Waals surface area (Å²) in [6, 6.07) is 6.90. The van der Waals surface area contributed by atoms with Crippen molar-refractivity contribution in [1.82, 2.24) is 0 Å². The highest BCUT2D eigenvalue weighted by atomic mass is 16.5. The van der Waals surface area contributed by atoms with E-state index in [0.29, 0.717) is 11.3 Å². The lowest BCUT2D eigenvalue weighted by Gasteiger charge is -2.23. The fourth-order valence-electron chi connectivity index (χ4n) is 1.45. The first kappa shape index (κ1) is 13.5. The van der Waals surface area contributed by atoms with Gasteiger partial charge in [-0.15, -0.1) is 0 Å². The Morgan fingerprint density at radius 2 is 1.82 bits per heavy atom. The molecule has 17 heavy (non-hydrogen) atoms. The highest BCUT2D eigenvalue weighted by Gasteiger charge is 2.35. The van der Waals surface area contributed by atoms with Crippen LogP contribution in [0, 0.1) is 0 Å². The normalized spacial score (nSPS) is 14.4. The second-order valence-electron chi connectivity index (χ2n) is 4.23. The molecule has 0 spiro atoms. The predicted octanol–water partition coefficient (Wildman–Crippen LogP) is 2.42. The minimum atomic E-state index is -1.32. The van der Waals surface area contributed by atoms with Crippen molar-refractivity contribution in [2.75, 3.05) is 7.11 Å². The first-order chi connectivity index (χ1) is 7.90. The van der Waals surface area contributed by atoms with Gasteiger partial charge < -0.3 is 14.6 Å². The molecule has 0 aliphatic rings. The number of rotatable bonds is 5. The minimum Gasteiger partial charge on any atom is -0.491 e. The molecule has 0 aliphatic heterocycles. The first-order valence-electron chi connectivity index (χ1n) is 5.46. The summed E-state index contributed by atoms with van der Waals surface area (Å²) in [7, 11) is 1.38. The van der Waals surface area contributed by atoms with E-state index in [0.717, 1.165) is 0 Å². The van der Waals surface area contributed by atoms with E-state index in [9.17, 15) is 4.79 Å². The van der Waals surface area contributed by atoms with Crippen LogP contribution in [0.3, 0.4) is 0 Å². The van der Waals surface area contributed by atoms with E-state index < -0.39 is 11.6 Å². The van der Waals surface area contributed by atoms with Crippen molar-refractivity contribution in [1.29, 1.82) is 0 Å². The monoisotopic (exact) mass is 238 g/mol. The Hall–Kier alpha value is -1.55. The van der Waals surface area contributed by atoms with E-state index in [1.807, 2.05) is 13.8 Å². The van der Waals surface area contributed by atoms with Crippen molar-refractivity contribution in [3.05, 3.63) is 29.8 Å². The second kappa shape index (κ2) is 5.19. The van der Waals surface area contributed by atoms with Crippen LogP contribution >= 0.6 is 0 Å². The predicted molar refractivity (Wildman–Crippen MR) is 64.2 cm³/mol. The average molecular weight is 238 g/mol. The Morgan fingerprint density at radius 1 is 1.29 bits per heavy atom. The summed E-state index contributed by atoms with van der Waals surface area (Å²) in [6.45, 7) is 5.39. The zero-order chi connectivity index (χ0) is 13.1. The van der Waals surface area contributed by atoms with Gasteiger partial charge in [-0.3, -0.25) is 0 Å². The smallest absolute Gasteiger partial charge is 0.340 e. The lowest BCUT2D eigenvalue weighted by molar-refractivity contribution is -0.161. The molecule has 0 amide bonds. The van der Waals surface area contributed by atoms with Gasteiger partial charge in [0.25, 0.3) is 0 Å². The number of carbonyl (C=O) groups is 1. The fraction of sp³-hybridized carbons (Fsp3) is 0.462. The zero-order valence-electron chi connectivity index (χ0n) is 10.6. The molecule has 0 aromatic heterocycles. The summed E-state index contributed by atoms with van der Waals surface area (Å²) in [6.07, 6.45) is 0.0918. The van der Waals surface area contributed by atoms with Crippen molar-refractivity contribution in [3.63, 3.8) is 0 Å². The molecule has 0 heterocycles. The molecule has 1 unspecified atom stereocenters. The number of carboxylic acids is 1. The quantitative estimate of drug-likeness (QED) is 0.855. The molecular formula is C13H18O4. The maximum atomic E-state index is 11.2. The van der Waals surface area contributed by atoms with Gasteiger partial charge in [0.2, 0.25) is 0 Å². The Balaban J connectivity index is 2.97. The van der Waals surface area contributed by atoms with Crippen molar-refractivity contribution < 1.29 is 19.4 Å². The Morgan fingerprint density at radius 3 is 2.18 bits per heavy atom. The van der Waals surface area contributed by atoms with Crippen LogP contribution in [0.5, 0.6) is 5.75 Å². The third kappa shape index (κ3) is 2.97. The molecule has 1 N–H and O–H groups in total. The molecule has 0 bridgehead atoms. The SMILES string of the molecule is COC(C)(C(=O)O)c1ccc(OC(C)C)cc1. The molecule has 1 atom stereocenters. The molecule has 0 fully saturated rings. The molecule has 4 nitrogen and oxygen atoms in total. The molecule has 1 rings (SSSR count). The average Bonchev–Trinajstić information content (AvgIpc) is 2.28. The summed E-state index contributed by atoms with van der Waals surface area (Å²) < 4.78 is 10.6. The number of methoxy groups -OCH3 is 1. The van der Waals surface area contributed by atoms with Crippen LogP contribution in [-0.4, -0.2) is 24.3 Å². The van der Waals surface area contributed by atoms with Gasteiger partial charge in [-0.2, -0.15) is 0 Å². The van der Waals surface area contributed by atoms with Crippen molar-refractivity contribution >= 4 is 5.97 Å². The number of hydrogen-bond acceptors (Lipinski definition) is 3. The molecule has 0 saturated heterocycles. The number of carboxylic acid groups (broad SMARTS) is 1. The van der Waals surface area contributed by atoms with Gasteiger partial charge in [0.1, 0.15) is 5.75 Å². The number of hydrogen-bond donors (Lipinski definition) is 1. The van der Waals surface area contributed by atoms with Crippen molar-refractivity contribution in [2.45, 2.75) is 32.5 Å². The Bertz CT molecular complexity index is 383. The first-order valence-corrected chi connectivity index (χ1v) is 5.46. The lowest BCUT2D eigenvalue weighted by atomic mass is 9.96. The summed E-state index contributed by atoms with van der Waals surface area (Å²) in [5, 5.41) is 9.14. The lowest BCUT2D eigenvalue weighted by Crippen LogP contribution is -2.34. The van der Waals surface area contributed by atoms with Gasteiger partial charge >= 0.3 is 5.97 Å². The fourth-order valence-corrected chi connectivity index (χ4v) is 1.45. The van der Waals surface area contributed by atoms with E-state index >= 15 is 0 Å². The standard InChI is InChI=1S/C13H18O4/c1-9(2)17-11-7-5-10(6-8-11)13(3,16-4)12(14)15/h5-9H,1-4H3,(H,14,15). The molecule has 0 aliphatic carbocycles. The second-order valence-corrected chi connectivity index (χ2v) is 4.23. The Labute approximate surface area is 101 Å². The summed E-state index contributed by atoms with van der Waals surface area (Å²) in [5.41, 5.74) is -0.736. The molecular weight excluding hydrogens is 220 g/mol. The third-order valence-corrected chi connectivity index (χ3v) is 2.59. The molecule has 1 aromatic carbocycles. The van der Waals surface area contributed by atoms with Crippen LogP contribution in [0.4, 0.5) is 0 Å². The van der Waals surface area contributed by atoms with Crippen LogP contribution in [0.25, 0.3) is 0 Å². The van der Waals surface area contributed by atoms with Gasteiger partial charge in [0.15, 0.2) is 5.60 Å². The van der Waals surface area contributed by atoms with Gasteiger partial charge in [0.05, 0.1) is 6.10 Å². The van der Waals surface area contributed by atoms with E-state index in [2.05, 4.69) is 0 Å². The van der Waals surface area contributed by atoms with Crippen LogP contribution in [0.2, 0.25) is 0 Å². The Kier molecular flexibility index (Phi) is 4.12. The maximum Gasteiger partial charge on any atom is 0.340 e. The highest BCUT2D eigenvalue weighted by molar-refractivity contribution is 5.79. The van der Waals surface area contributed by atoms with Gasteiger partial charge in [-0.25, -0.2) is 4.79 Å². The van der Waals surface area contributed by atoms with E-state index in [4.69, 9.17) is 14.6 Å². The number of ether oxygens (including phenoxy) is 2. The molecule has 0 radical (unpaired) electrons. The van der Waals surface area contributed by atoms with Crippen LogP contribution < -0.4 is 4.74 Å². The topological polar surface area (TPSA) is 55.8 Å². The molecule has 1 aromatic rings. The maximum absolute atomic E-state index is 11.2. The van der Waals surface area contributed by atoms with E-state index in [1.54, 1.807) is 24.3 Å². The van der Waals surface area contributed by atoms with Crippen LogP contribution in [0.15, 0.2) is 24.3 Å². The van der Waals surface area contributed by atoms with E-state index in [1.165, 1.54) is 14.0 Å². The van der Waals surface area contributed by atoms with Crippen LogP contribution in [-0.2, 0) is 15.1 Å². The summed E-state index contributed by atoms with van der Waals surface area (Å²) in [4.78, 5) is 11.2. The third-order valence-electron chi connectivity index (χ3n) is 2.59. The van der Waals surface area contributed by atoms with Gasteiger partial charge in [0, 0.05) is 7.11 Å². The zero-order valence-corrected chi connectivity index (χ0v) is 10.6. The summed E-state index contributed by atoms with van der Waals surface area (Å²) >= 11 is 0. The largest absolute Gasteiger partial charge is 0.491 e. The number of aliphatic carboxylic acids is 1. The summed E-state index contributed by atoms with van der Waals surface area (Å²) in [5.74, 6) is -0.301. The molecule has 0 saturated carbocycles. The van der Waals surface area contributed by atoms with Crippen molar-refractivity contribution in [2.24, 2.45) is 0 Å². The molecule has 4 heteroatoms. The van der Waals surface area contributed by atoms with Gasteiger partial charge in [-0.1, -0.05) is 12.1 Å².